The predicted octanol–water partition coefficient (Wildman–Crippen LogP) is 15.7. The molecule has 0 aromatic heterocycles. The van der Waals surface area contributed by atoms with Crippen molar-refractivity contribution in [1.29, 1.82) is 0 Å². The number of esters is 2. The molecule has 1 rings (SSSR count). The van der Waals surface area contributed by atoms with E-state index in [4.69, 9.17) is 18.9 Å². The molecule has 0 radical (unpaired) electrons. The van der Waals surface area contributed by atoms with Crippen molar-refractivity contribution in [1.82, 2.24) is 0 Å². The summed E-state index contributed by atoms with van der Waals surface area (Å²) in [6, 6.07) is 0. The maximum absolute atomic E-state index is 12.9. The fourth-order valence-corrected chi connectivity index (χ4v) is 9.94. The number of aliphatic hydroxyl groups is 3. The van der Waals surface area contributed by atoms with Gasteiger partial charge in [-0.25, -0.2) is 4.79 Å². The van der Waals surface area contributed by atoms with Gasteiger partial charge >= 0.3 is 17.9 Å². The molecule has 11 heteroatoms. The number of carbonyl (C=O) groups excluding carboxylic acids is 2. The third-order valence-corrected chi connectivity index (χ3v) is 14.7. The summed E-state index contributed by atoms with van der Waals surface area (Å²) in [7, 11) is 0. The molecule has 0 saturated carbocycles. The molecule has 1 saturated heterocycles. The van der Waals surface area contributed by atoms with Gasteiger partial charge in [0.1, 0.15) is 24.9 Å². The number of rotatable bonds is 54. The Morgan fingerprint density at radius 3 is 0.958 bits per heavy atom. The largest absolute Gasteiger partial charge is 0.479 e. The van der Waals surface area contributed by atoms with Gasteiger partial charge in [0.15, 0.2) is 18.5 Å². The Hall–Kier alpha value is -1.79. The van der Waals surface area contributed by atoms with E-state index in [1.165, 1.54) is 238 Å². The van der Waals surface area contributed by atoms with E-state index in [1.807, 2.05) is 0 Å². The van der Waals surface area contributed by atoms with Gasteiger partial charge in [-0.15, -0.1) is 0 Å². The lowest BCUT2D eigenvalue weighted by Gasteiger charge is -2.38. The quantitative estimate of drug-likeness (QED) is 0.0338. The molecular weight excluding hydrogens is 897 g/mol. The third kappa shape index (κ3) is 41.2. The van der Waals surface area contributed by atoms with E-state index >= 15 is 0 Å². The monoisotopic (exact) mass is 1010 g/mol. The van der Waals surface area contributed by atoms with Gasteiger partial charge in [-0.3, -0.25) is 9.59 Å². The van der Waals surface area contributed by atoms with Crippen LogP contribution in [0.5, 0.6) is 0 Å². The van der Waals surface area contributed by atoms with Crippen LogP contribution in [0.4, 0.5) is 0 Å². The molecule has 0 spiro atoms. The van der Waals surface area contributed by atoms with Crippen molar-refractivity contribution >= 4 is 17.9 Å². The van der Waals surface area contributed by atoms with E-state index in [-0.39, 0.29) is 26.1 Å². The molecule has 6 atom stereocenters. The SMILES string of the molecule is CCCCCCCCCCCCCCCCCCCCCCCCCCC(=O)OCC(COC1OC(C(=O)O)C(O)C(O)C1O)OC(=O)CCCCCCCCCCCCCCCCCCCCCCC. The number of aliphatic hydroxyl groups excluding tert-OH is 3. The lowest BCUT2D eigenvalue weighted by atomic mass is 9.99. The third-order valence-electron chi connectivity index (χ3n) is 14.7. The minimum atomic E-state index is -1.86. The van der Waals surface area contributed by atoms with Crippen LogP contribution in [0.1, 0.15) is 316 Å². The van der Waals surface area contributed by atoms with Crippen molar-refractivity contribution in [2.75, 3.05) is 13.2 Å². The Bertz CT molecular complexity index is 1180. The molecule has 6 unspecified atom stereocenters. The van der Waals surface area contributed by atoms with Crippen LogP contribution in [0, 0.1) is 0 Å². The molecule has 0 bridgehead atoms. The molecule has 71 heavy (non-hydrogen) atoms. The number of ether oxygens (including phenoxy) is 4. The first-order valence-electron chi connectivity index (χ1n) is 30.6. The zero-order chi connectivity index (χ0) is 51.7. The maximum Gasteiger partial charge on any atom is 0.335 e. The summed E-state index contributed by atoms with van der Waals surface area (Å²) < 4.78 is 21.9. The number of hydrogen-bond donors (Lipinski definition) is 4. The summed E-state index contributed by atoms with van der Waals surface area (Å²) in [5.74, 6) is -2.41. The number of carboxylic acid groups (broad SMARTS) is 1. The summed E-state index contributed by atoms with van der Waals surface area (Å²) in [5, 5.41) is 40.1. The van der Waals surface area contributed by atoms with Crippen molar-refractivity contribution in [2.45, 2.75) is 352 Å². The number of hydrogen-bond acceptors (Lipinski definition) is 10. The first-order valence-corrected chi connectivity index (χ1v) is 30.6. The number of aliphatic carboxylic acids is 1. The molecule has 420 valence electrons. The van der Waals surface area contributed by atoms with Gasteiger partial charge in [0.05, 0.1) is 6.61 Å². The summed E-state index contributed by atoms with van der Waals surface area (Å²) >= 11 is 0. The van der Waals surface area contributed by atoms with Crippen molar-refractivity contribution in [2.24, 2.45) is 0 Å². The molecule has 0 aliphatic carbocycles. The summed E-state index contributed by atoms with van der Waals surface area (Å²) in [4.78, 5) is 37.2. The normalized spacial score (nSPS) is 18.5. The fraction of sp³-hybridized carbons (Fsp3) is 0.950. The van der Waals surface area contributed by atoms with Crippen LogP contribution < -0.4 is 0 Å². The smallest absolute Gasteiger partial charge is 0.335 e. The Kier molecular flexibility index (Phi) is 47.7. The second-order valence-electron chi connectivity index (χ2n) is 21.6. The zero-order valence-corrected chi connectivity index (χ0v) is 46.3. The minimum Gasteiger partial charge on any atom is -0.479 e. The molecule has 0 aromatic rings. The molecule has 1 heterocycles. The number of carboxylic acids is 1. The van der Waals surface area contributed by atoms with E-state index in [2.05, 4.69) is 13.8 Å². The second-order valence-corrected chi connectivity index (χ2v) is 21.6. The molecule has 11 nitrogen and oxygen atoms in total. The van der Waals surface area contributed by atoms with Gasteiger partial charge in [-0.1, -0.05) is 290 Å². The van der Waals surface area contributed by atoms with Crippen LogP contribution in [0.3, 0.4) is 0 Å². The summed E-state index contributed by atoms with van der Waals surface area (Å²) in [5.41, 5.74) is 0. The van der Waals surface area contributed by atoms with E-state index in [0.29, 0.717) is 12.8 Å². The Morgan fingerprint density at radius 1 is 0.380 bits per heavy atom. The van der Waals surface area contributed by atoms with Crippen LogP contribution in [-0.2, 0) is 33.3 Å². The van der Waals surface area contributed by atoms with Crippen LogP contribution in [0.25, 0.3) is 0 Å². The average Bonchev–Trinajstić information content (AvgIpc) is 3.36. The highest BCUT2D eigenvalue weighted by atomic mass is 16.7. The second kappa shape index (κ2) is 50.4. The standard InChI is InChI=1S/C60H114O11/c1-3-5-7-9-11-13-15-17-19-21-23-25-26-27-29-30-32-34-36-38-40-42-44-46-48-53(61)68-50-52(51-69-60-57(65)55(63)56(64)58(71-60)59(66)67)70-54(62)49-47-45-43-41-39-37-35-33-31-28-24-22-20-18-16-14-12-10-8-6-4-2/h52,55-58,60,63-65H,3-51H2,1-2H3,(H,66,67). The van der Waals surface area contributed by atoms with Crippen molar-refractivity contribution < 1.29 is 53.8 Å². The van der Waals surface area contributed by atoms with Crippen LogP contribution in [0.2, 0.25) is 0 Å². The van der Waals surface area contributed by atoms with E-state index < -0.39 is 54.7 Å². The first-order chi connectivity index (χ1) is 34.7. The average molecular weight is 1010 g/mol. The van der Waals surface area contributed by atoms with Gasteiger partial charge in [0.25, 0.3) is 0 Å². The molecule has 0 amide bonds. The zero-order valence-electron chi connectivity index (χ0n) is 46.3. The Morgan fingerprint density at radius 2 is 0.662 bits per heavy atom. The Labute approximate surface area is 435 Å². The van der Waals surface area contributed by atoms with Crippen LogP contribution in [-0.4, -0.2) is 88.4 Å². The first kappa shape index (κ1) is 67.2. The highest BCUT2D eigenvalue weighted by Gasteiger charge is 2.47. The van der Waals surface area contributed by atoms with Gasteiger partial charge in [0.2, 0.25) is 0 Å². The minimum absolute atomic E-state index is 0.192. The van der Waals surface area contributed by atoms with Crippen molar-refractivity contribution in [3.05, 3.63) is 0 Å². The summed E-state index contributed by atoms with van der Waals surface area (Å²) in [6.45, 7) is 3.90. The van der Waals surface area contributed by atoms with Gasteiger partial charge < -0.3 is 39.4 Å². The molecule has 1 aliphatic rings. The maximum atomic E-state index is 12.9. The van der Waals surface area contributed by atoms with E-state index in [9.17, 15) is 34.8 Å². The topological polar surface area (TPSA) is 169 Å². The van der Waals surface area contributed by atoms with Crippen molar-refractivity contribution in [3.8, 4) is 0 Å². The number of carbonyl (C=O) groups is 3. The van der Waals surface area contributed by atoms with Crippen LogP contribution in [0.15, 0.2) is 0 Å². The highest BCUT2D eigenvalue weighted by molar-refractivity contribution is 5.73. The lowest BCUT2D eigenvalue weighted by molar-refractivity contribution is -0.298. The molecule has 1 fully saturated rings. The number of unbranched alkanes of at least 4 members (excludes halogenated alkanes) is 43. The van der Waals surface area contributed by atoms with Gasteiger partial charge in [-0.05, 0) is 12.8 Å². The fourth-order valence-electron chi connectivity index (χ4n) is 9.94. The summed E-state index contributed by atoms with van der Waals surface area (Å²) in [6.07, 6.45) is 48.8. The molecule has 0 aromatic carbocycles. The molecule has 1 aliphatic heterocycles. The Balaban J connectivity index is 2.19. The van der Waals surface area contributed by atoms with Crippen molar-refractivity contribution in [3.63, 3.8) is 0 Å². The van der Waals surface area contributed by atoms with E-state index in [1.54, 1.807) is 0 Å². The van der Waals surface area contributed by atoms with E-state index in [0.717, 1.165) is 38.5 Å². The highest BCUT2D eigenvalue weighted by Crippen LogP contribution is 2.24. The lowest BCUT2D eigenvalue weighted by Crippen LogP contribution is -2.60. The van der Waals surface area contributed by atoms with Crippen LogP contribution >= 0.6 is 0 Å². The molecule has 4 N–H and O–H groups in total. The predicted molar refractivity (Wildman–Crippen MR) is 289 cm³/mol. The van der Waals surface area contributed by atoms with Gasteiger partial charge in [0, 0.05) is 12.8 Å². The molecular formula is C60H114O11. The van der Waals surface area contributed by atoms with Gasteiger partial charge in [-0.2, -0.15) is 0 Å².